The Morgan fingerprint density at radius 3 is 3.00 bits per heavy atom. The molecule has 2 unspecified atom stereocenters. The molecule has 5 heteroatoms. The van der Waals surface area contributed by atoms with Crippen molar-refractivity contribution in [2.75, 3.05) is 26.2 Å². The third kappa shape index (κ3) is 3.91. The normalized spacial score (nSPS) is 22.9. The lowest BCUT2D eigenvalue weighted by Crippen LogP contribution is -2.40. The molecule has 2 N–H and O–H groups in total. The molecule has 0 radical (unpaired) electrons. The molecule has 0 bridgehead atoms. The van der Waals surface area contributed by atoms with Gasteiger partial charge in [0.2, 0.25) is 5.91 Å². The van der Waals surface area contributed by atoms with Crippen LogP contribution in [0.3, 0.4) is 0 Å². The van der Waals surface area contributed by atoms with Gasteiger partial charge in [0, 0.05) is 30.6 Å². The van der Waals surface area contributed by atoms with Crippen LogP contribution in [0.1, 0.15) is 11.8 Å². The number of hydrogen-bond donors (Lipinski definition) is 1. The quantitative estimate of drug-likeness (QED) is 0.810. The smallest absolute Gasteiger partial charge is 0.237 e. The van der Waals surface area contributed by atoms with Crippen LogP contribution in [0.4, 0.5) is 0 Å². The van der Waals surface area contributed by atoms with Crippen LogP contribution in [0.2, 0.25) is 0 Å². The molecular weight excluding hydrogens is 270 g/mol. The van der Waals surface area contributed by atoms with E-state index in [0.717, 1.165) is 13.1 Å². The summed E-state index contributed by atoms with van der Waals surface area (Å²) in [5.74, 6) is 0.618. The van der Waals surface area contributed by atoms with E-state index in [9.17, 15) is 4.79 Å². The SMILES string of the molecule is C=CCN(Cc1cccs1)C(=O)CN1CC(C)C(N)C1. The number of nitrogens with two attached hydrogens (primary N) is 1. The summed E-state index contributed by atoms with van der Waals surface area (Å²) in [6.07, 6.45) is 1.78. The lowest BCUT2D eigenvalue weighted by Gasteiger charge is -2.24. The zero-order valence-corrected chi connectivity index (χ0v) is 12.8. The number of rotatable bonds is 6. The molecule has 1 saturated heterocycles. The summed E-state index contributed by atoms with van der Waals surface area (Å²) in [7, 11) is 0. The van der Waals surface area contributed by atoms with Crippen LogP contribution in [-0.2, 0) is 11.3 Å². The molecule has 2 heterocycles. The number of thiophene rings is 1. The maximum absolute atomic E-state index is 12.4. The van der Waals surface area contributed by atoms with Crippen LogP contribution in [0, 0.1) is 5.92 Å². The largest absolute Gasteiger partial charge is 0.333 e. The molecule has 1 fully saturated rings. The second-order valence-corrected chi connectivity index (χ2v) is 6.51. The van der Waals surface area contributed by atoms with E-state index in [2.05, 4.69) is 24.5 Å². The molecule has 2 rings (SSSR count). The van der Waals surface area contributed by atoms with E-state index in [-0.39, 0.29) is 11.9 Å². The van der Waals surface area contributed by atoms with Gasteiger partial charge in [-0.3, -0.25) is 9.69 Å². The van der Waals surface area contributed by atoms with Gasteiger partial charge < -0.3 is 10.6 Å². The van der Waals surface area contributed by atoms with Crippen LogP contribution in [0.15, 0.2) is 30.2 Å². The minimum atomic E-state index is 0.152. The third-order valence-corrected chi connectivity index (χ3v) is 4.60. The van der Waals surface area contributed by atoms with Gasteiger partial charge in [0.15, 0.2) is 0 Å². The summed E-state index contributed by atoms with van der Waals surface area (Å²) in [5, 5.41) is 2.03. The fourth-order valence-electron chi connectivity index (χ4n) is 2.52. The molecule has 0 aromatic carbocycles. The van der Waals surface area contributed by atoms with Gasteiger partial charge in [0.25, 0.3) is 0 Å². The highest BCUT2D eigenvalue weighted by Gasteiger charge is 2.28. The molecular formula is C15H23N3OS. The number of carbonyl (C=O) groups excluding carboxylic acids is 1. The van der Waals surface area contributed by atoms with Crippen molar-refractivity contribution in [2.45, 2.75) is 19.5 Å². The Morgan fingerprint density at radius 1 is 1.65 bits per heavy atom. The Balaban J connectivity index is 1.91. The Kier molecular flexibility index (Phi) is 5.34. The minimum Gasteiger partial charge on any atom is -0.333 e. The molecule has 1 aromatic heterocycles. The lowest BCUT2D eigenvalue weighted by molar-refractivity contribution is -0.132. The van der Waals surface area contributed by atoms with E-state index >= 15 is 0 Å². The number of amides is 1. The van der Waals surface area contributed by atoms with Gasteiger partial charge in [-0.25, -0.2) is 0 Å². The Morgan fingerprint density at radius 2 is 2.45 bits per heavy atom. The topological polar surface area (TPSA) is 49.6 Å². The summed E-state index contributed by atoms with van der Waals surface area (Å²) < 4.78 is 0. The van der Waals surface area contributed by atoms with Crippen molar-refractivity contribution in [2.24, 2.45) is 11.7 Å². The highest BCUT2D eigenvalue weighted by Crippen LogP contribution is 2.16. The average molecular weight is 293 g/mol. The predicted molar refractivity (Wildman–Crippen MR) is 83.5 cm³/mol. The van der Waals surface area contributed by atoms with Gasteiger partial charge in [-0.2, -0.15) is 0 Å². The zero-order chi connectivity index (χ0) is 14.5. The Hall–Kier alpha value is -1.17. The summed E-state index contributed by atoms with van der Waals surface area (Å²) in [5.41, 5.74) is 6.01. The third-order valence-electron chi connectivity index (χ3n) is 3.73. The average Bonchev–Trinajstić information content (AvgIpc) is 3.00. The van der Waals surface area contributed by atoms with Crippen molar-refractivity contribution in [1.82, 2.24) is 9.80 Å². The van der Waals surface area contributed by atoms with Crippen molar-refractivity contribution in [3.63, 3.8) is 0 Å². The summed E-state index contributed by atoms with van der Waals surface area (Å²) in [4.78, 5) is 17.6. The fraction of sp³-hybridized carbons (Fsp3) is 0.533. The molecule has 110 valence electrons. The summed E-state index contributed by atoms with van der Waals surface area (Å²) in [6.45, 7) is 9.32. The van der Waals surface area contributed by atoms with Gasteiger partial charge in [0.05, 0.1) is 13.1 Å². The predicted octanol–water partition coefficient (Wildman–Crippen LogP) is 1.54. The first-order chi connectivity index (χ1) is 9.60. The van der Waals surface area contributed by atoms with Crippen LogP contribution in [-0.4, -0.2) is 47.9 Å². The highest BCUT2D eigenvalue weighted by atomic mass is 32.1. The fourth-order valence-corrected chi connectivity index (χ4v) is 3.24. The maximum Gasteiger partial charge on any atom is 0.237 e. The molecule has 2 atom stereocenters. The Bertz CT molecular complexity index is 436. The molecule has 0 saturated carbocycles. The number of likely N-dealkylation sites (tertiary alicyclic amines) is 1. The first-order valence-corrected chi connectivity index (χ1v) is 7.87. The molecule has 20 heavy (non-hydrogen) atoms. The van der Waals surface area contributed by atoms with Crippen LogP contribution < -0.4 is 5.73 Å². The van der Waals surface area contributed by atoms with Crippen molar-refractivity contribution >= 4 is 17.2 Å². The van der Waals surface area contributed by atoms with E-state index in [1.54, 1.807) is 17.4 Å². The Labute approximate surface area is 124 Å². The van der Waals surface area contributed by atoms with Crippen LogP contribution in [0.25, 0.3) is 0 Å². The molecule has 1 aliphatic rings. The van der Waals surface area contributed by atoms with E-state index in [4.69, 9.17) is 5.73 Å². The van der Waals surface area contributed by atoms with E-state index in [1.807, 2.05) is 16.3 Å². The minimum absolute atomic E-state index is 0.152. The molecule has 1 amide bonds. The second-order valence-electron chi connectivity index (χ2n) is 5.48. The number of nitrogens with zero attached hydrogens (tertiary/aromatic N) is 2. The van der Waals surface area contributed by atoms with E-state index in [1.165, 1.54) is 4.88 Å². The molecule has 1 aromatic rings. The second kappa shape index (κ2) is 7.02. The molecule has 0 aliphatic carbocycles. The number of carbonyl (C=O) groups is 1. The zero-order valence-electron chi connectivity index (χ0n) is 12.0. The lowest BCUT2D eigenvalue weighted by atomic mass is 10.1. The van der Waals surface area contributed by atoms with E-state index < -0.39 is 0 Å². The van der Waals surface area contributed by atoms with Crippen LogP contribution >= 0.6 is 11.3 Å². The van der Waals surface area contributed by atoms with Gasteiger partial charge in [-0.1, -0.05) is 19.1 Å². The first-order valence-electron chi connectivity index (χ1n) is 6.99. The number of hydrogen-bond acceptors (Lipinski definition) is 4. The van der Waals surface area contributed by atoms with Crippen molar-refractivity contribution in [3.8, 4) is 0 Å². The van der Waals surface area contributed by atoms with Gasteiger partial charge >= 0.3 is 0 Å². The molecule has 4 nitrogen and oxygen atoms in total. The van der Waals surface area contributed by atoms with Crippen molar-refractivity contribution in [3.05, 3.63) is 35.0 Å². The molecule has 0 spiro atoms. The van der Waals surface area contributed by atoms with Gasteiger partial charge in [0.1, 0.15) is 0 Å². The van der Waals surface area contributed by atoms with E-state index in [0.29, 0.717) is 25.6 Å². The maximum atomic E-state index is 12.4. The van der Waals surface area contributed by atoms with Crippen LogP contribution in [0.5, 0.6) is 0 Å². The first kappa shape index (κ1) is 15.2. The standard InChI is InChI=1S/C15H23N3OS/c1-3-6-18(9-13-5-4-7-20-13)15(19)11-17-8-12(2)14(16)10-17/h3-5,7,12,14H,1,6,8-11,16H2,2H3. The van der Waals surface area contributed by atoms with Gasteiger partial charge in [-0.15, -0.1) is 17.9 Å². The monoisotopic (exact) mass is 293 g/mol. The van der Waals surface area contributed by atoms with Crippen molar-refractivity contribution < 1.29 is 4.79 Å². The summed E-state index contributed by atoms with van der Waals surface area (Å²) >= 11 is 1.68. The van der Waals surface area contributed by atoms with Gasteiger partial charge in [-0.05, 0) is 17.4 Å². The summed E-state index contributed by atoms with van der Waals surface area (Å²) in [6, 6.07) is 4.26. The molecule has 1 aliphatic heterocycles. The highest BCUT2D eigenvalue weighted by molar-refractivity contribution is 7.09. The van der Waals surface area contributed by atoms with Crippen molar-refractivity contribution in [1.29, 1.82) is 0 Å².